The lowest BCUT2D eigenvalue weighted by Gasteiger charge is -2.17. The number of amides is 1. The summed E-state index contributed by atoms with van der Waals surface area (Å²) in [6, 6.07) is 5.31. The van der Waals surface area contributed by atoms with E-state index < -0.39 is 6.09 Å². The van der Waals surface area contributed by atoms with Crippen molar-refractivity contribution in [2.24, 2.45) is 0 Å². The van der Waals surface area contributed by atoms with E-state index in [1.807, 2.05) is 6.07 Å². The molecule has 0 spiro atoms. The molecule has 1 unspecified atom stereocenters. The maximum Gasteiger partial charge on any atom is 0.407 e. The number of rotatable bonds is 5. The summed E-state index contributed by atoms with van der Waals surface area (Å²) in [6.07, 6.45) is 1.43. The van der Waals surface area contributed by atoms with E-state index in [-0.39, 0.29) is 6.10 Å². The third-order valence-corrected chi connectivity index (χ3v) is 3.51. The predicted molar refractivity (Wildman–Crippen MR) is 74.5 cm³/mol. The van der Waals surface area contributed by atoms with E-state index in [1.54, 1.807) is 12.1 Å². The predicted octanol–water partition coefficient (Wildman–Crippen LogP) is 2.60. The minimum absolute atomic E-state index is 0.167. The van der Waals surface area contributed by atoms with Crippen LogP contribution in [0.4, 0.5) is 4.79 Å². The highest BCUT2D eigenvalue weighted by Crippen LogP contribution is 2.27. The standard InChI is InChI=1S/C14H16ClNO4/c15-11-4-3-10(2-1-7-17)13(8-11)20-12-5-6-16(9-12)14(18)19/h3-4,7-8,12H,1-2,5-6,9H2,(H,18,19). The van der Waals surface area contributed by atoms with Crippen molar-refractivity contribution < 1.29 is 19.4 Å². The Bertz CT molecular complexity index is 506. The fourth-order valence-corrected chi connectivity index (χ4v) is 2.40. The van der Waals surface area contributed by atoms with Gasteiger partial charge in [-0.25, -0.2) is 4.79 Å². The van der Waals surface area contributed by atoms with Crippen molar-refractivity contribution in [1.82, 2.24) is 4.90 Å². The van der Waals surface area contributed by atoms with Crippen molar-refractivity contribution >= 4 is 24.0 Å². The third kappa shape index (κ3) is 3.63. The Labute approximate surface area is 122 Å². The smallest absolute Gasteiger partial charge is 0.407 e. The van der Waals surface area contributed by atoms with Crippen molar-refractivity contribution in [2.75, 3.05) is 13.1 Å². The van der Waals surface area contributed by atoms with E-state index in [2.05, 4.69) is 0 Å². The lowest BCUT2D eigenvalue weighted by Crippen LogP contribution is -2.29. The van der Waals surface area contributed by atoms with Gasteiger partial charge in [-0.05, 0) is 24.1 Å². The molecule has 6 heteroatoms. The zero-order valence-electron chi connectivity index (χ0n) is 10.9. The highest BCUT2D eigenvalue weighted by atomic mass is 35.5. The number of aldehydes is 1. The van der Waals surface area contributed by atoms with E-state index in [1.165, 1.54) is 4.90 Å². The molecule has 1 saturated heterocycles. The van der Waals surface area contributed by atoms with Gasteiger partial charge in [0.15, 0.2) is 0 Å². The summed E-state index contributed by atoms with van der Waals surface area (Å²) in [5, 5.41) is 9.48. The average molecular weight is 298 g/mol. The molecule has 1 aliphatic heterocycles. The largest absolute Gasteiger partial charge is 0.488 e. The van der Waals surface area contributed by atoms with Gasteiger partial charge in [0.05, 0.1) is 6.54 Å². The van der Waals surface area contributed by atoms with Crippen molar-refractivity contribution in [3.05, 3.63) is 28.8 Å². The van der Waals surface area contributed by atoms with Gasteiger partial charge >= 0.3 is 6.09 Å². The maximum absolute atomic E-state index is 10.9. The molecular weight excluding hydrogens is 282 g/mol. The first-order valence-electron chi connectivity index (χ1n) is 6.46. The molecule has 1 aliphatic rings. The summed E-state index contributed by atoms with van der Waals surface area (Å²) in [6.45, 7) is 0.833. The molecule has 1 heterocycles. The SMILES string of the molecule is O=CCCc1ccc(Cl)cc1OC1CCN(C(=O)O)C1. The lowest BCUT2D eigenvalue weighted by atomic mass is 10.1. The normalized spacial score (nSPS) is 18.1. The van der Waals surface area contributed by atoms with E-state index in [0.29, 0.717) is 43.1 Å². The number of likely N-dealkylation sites (tertiary alicyclic amines) is 1. The number of hydrogen-bond donors (Lipinski definition) is 1. The van der Waals surface area contributed by atoms with Crippen LogP contribution < -0.4 is 4.74 Å². The second-order valence-corrected chi connectivity index (χ2v) is 5.15. The molecular formula is C14H16ClNO4. The Hall–Kier alpha value is -1.75. The van der Waals surface area contributed by atoms with Gasteiger partial charge < -0.3 is 19.5 Å². The van der Waals surface area contributed by atoms with Crippen LogP contribution in [0.2, 0.25) is 5.02 Å². The van der Waals surface area contributed by atoms with Crippen molar-refractivity contribution in [3.8, 4) is 5.75 Å². The van der Waals surface area contributed by atoms with Gasteiger partial charge in [-0.2, -0.15) is 0 Å². The molecule has 20 heavy (non-hydrogen) atoms. The Morgan fingerprint density at radius 1 is 1.55 bits per heavy atom. The average Bonchev–Trinajstić information content (AvgIpc) is 2.87. The van der Waals surface area contributed by atoms with Gasteiger partial charge in [0.25, 0.3) is 0 Å². The van der Waals surface area contributed by atoms with Crippen LogP contribution in [0.25, 0.3) is 0 Å². The molecule has 0 radical (unpaired) electrons. The zero-order chi connectivity index (χ0) is 14.5. The van der Waals surface area contributed by atoms with Gasteiger partial charge in [0.2, 0.25) is 0 Å². The molecule has 0 saturated carbocycles. The molecule has 0 bridgehead atoms. The van der Waals surface area contributed by atoms with Crippen LogP contribution >= 0.6 is 11.6 Å². The number of aryl methyl sites for hydroxylation is 1. The third-order valence-electron chi connectivity index (χ3n) is 3.27. The highest BCUT2D eigenvalue weighted by Gasteiger charge is 2.27. The molecule has 2 rings (SSSR count). The summed E-state index contributed by atoms with van der Waals surface area (Å²) in [4.78, 5) is 22.7. The Morgan fingerprint density at radius 3 is 3.00 bits per heavy atom. The van der Waals surface area contributed by atoms with Crippen LogP contribution in [-0.2, 0) is 11.2 Å². The number of ether oxygens (including phenoxy) is 1. The summed E-state index contributed by atoms with van der Waals surface area (Å²) in [5.74, 6) is 0.636. The van der Waals surface area contributed by atoms with Crippen LogP contribution in [0.15, 0.2) is 18.2 Å². The number of nitrogens with zero attached hydrogens (tertiary/aromatic N) is 1. The highest BCUT2D eigenvalue weighted by molar-refractivity contribution is 6.30. The lowest BCUT2D eigenvalue weighted by molar-refractivity contribution is -0.107. The van der Waals surface area contributed by atoms with E-state index >= 15 is 0 Å². The first kappa shape index (κ1) is 14.7. The zero-order valence-corrected chi connectivity index (χ0v) is 11.7. The summed E-state index contributed by atoms with van der Waals surface area (Å²) in [7, 11) is 0. The molecule has 0 aliphatic carbocycles. The second-order valence-electron chi connectivity index (χ2n) is 4.71. The van der Waals surface area contributed by atoms with Crippen molar-refractivity contribution in [2.45, 2.75) is 25.4 Å². The second kappa shape index (κ2) is 6.61. The number of hydrogen-bond acceptors (Lipinski definition) is 3. The van der Waals surface area contributed by atoms with Crippen LogP contribution in [0.1, 0.15) is 18.4 Å². The molecule has 108 valence electrons. The maximum atomic E-state index is 10.9. The number of carboxylic acid groups (broad SMARTS) is 1. The van der Waals surface area contributed by atoms with Gasteiger partial charge in [0, 0.05) is 24.4 Å². The molecule has 1 aromatic rings. The number of benzene rings is 1. The van der Waals surface area contributed by atoms with Crippen molar-refractivity contribution in [3.63, 3.8) is 0 Å². The van der Waals surface area contributed by atoms with Crippen LogP contribution in [-0.4, -0.2) is 41.6 Å². The summed E-state index contributed by atoms with van der Waals surface area (Å²) >= 11 is 5.96. The van der Waals surface area contributed by atoms with E-state index in [0.717, 1.165) is 11.8 Å². The Balaban J connectivity index is 2.06. The Morgan fingerprint density at radius 2 is 2.35 bits per heavy atom. The first-order chi connectivity index (χ1) is 9.60. The molecule has 5 nitrogen and oxygen atoms in total. The van der Waals surface area contributed by atoms with Crippen molar-refractivity contribution in [1.29, 1.82) is 0 Å². The number of carbonyl (C=O) groups excluding carboxylic acids is 1. The fourth-order valence-electron chi connectivity index (χ4n) is 2.24. The van der Waals surface area contributed by atoms with Crippen LogP contribution in [0.3, 0.4) is 0 Å². The molecule has 1 aromatic carbocycles. The van der Waals surface area contributed by atoms with Gasteiger partial charge in [-0.15, -0.1) is 0 Å². The topological polar surface area (TPSA) is 66.8 Å². The van der Waals surface area contributed by atoms with E-state index in [9.17, 15) is 9.59 Å². The molecule has 1 atom stereocenters. The Kier molecular flexibility index (Phi) is 4.84. The summed E-state index contributed by atoms with van der Waals surface area (Å²) in [5.41, 5.74) is 0.912. The molecule has 1 fully saturated rings. The fraction of sp³-hybridized carbons (Fsp3) is 0.429. The monoisotopic (exact) mass is 297 g/mol. The quantitative estimate of drug-likeness (QED) is 0.848. The minimum atomic E-state index is -0.927. The first-order valence-corrected chi connectivity index (χ1v) is 6.84. The van der Waals surface area contributed by atoms with E-state index in [4.69, 9.17) is 21.4 Å². The minimum Gasteiger partial charge on any atom is -0.488 e. The number of halogens is 1. The van der Waals surface area contributed by atoms with Gasteiger partial charge in [0.1, 0.15) is 18.1 Å². The summed E-state index contributed by atoms with van der Waals surface area (Å²) < 4.78 is 5.86. The van der Waals surface area contributed by atoms with Crippen LogP contribution in [0.5, 0.6) is 5.75 Å². The molecule has 1 N–H and O–H groups in total. The van der Waals surface area contributed by atoms with Gasteiger partial charge in [-0.1, -0.05) is 17.7 Å². The molecule has 0 aromatic heterocycles. The number of carbonyl (C=O) groups is 2. The van der Waals surface area contributed by atoms with Crippen LogP contribution in [0, 0.1) is 0 Å². The van der Waals surface area contributed by atoms with Gasteiger partial charge in [-0.3, -0.25) is 0 Å². The molecule has 1 amide bonds.